The van der Waals surface area contributed by atoms with Gasteiger partial charge in [0, 0.05) is 53.4 Å². The Balaban J connectivity index is 1.25. The van der Waals surface area contributed by atoms with Crippen LogP contribution in [-0.4, -0.2) is 4.57 Å². The maximum absolute atomic E-state index is 2.48. The van der Waals surface area contributed by atoms with Crippen LogP contribution in [0.4, 0.5) is 17.1 Å². The first kappa shape index (κ1) is 31.6. The number of rotatable bonds is 6. The van der Waals surface area contributed by atoms with E-state index in [0.717, 1.165) is 22.7 Å². The second-order valence-electron chi connectivity index (χ2n) is 14.1. The summed E-state index contributed by atoms with van der Waals surface area (Å²) in [6.07, 6.45) is 0. The lowest BCUT2D eigenvalue weighted by Gasteiger charge is -2.27. The average molecular weight is 719 g/mol. The van der Waals surface area contributed by atoms with Gasteiger partial charge in [-0.1, -0.05) is 146 Å². The molecule has 3 heteroatoms. The monoisotopic (exact) mass is 718 g/mol. The van der Waals surface area contributed by atoms with Crippen LogP contribution in [0.3, 0.4) is 0 Å². The Kier molecular flexibility index (Phi) is 7.39. The van der Waals surface area contributed by atoms with Crippen LogP contribution < -0.4 is 4.90 Å². The SMILES string of the molecule is c1ccc(-c2ccc(-n3c4ccc(-c5ccccc5)cc4c4c(N(c5ccccc5)c5ccc6c(c5)sc5ccccc56)cc5ccccc5c43)cc2)cc1. The van der Waals surface area contributed by atoms with Gasteiger partial charge in [0.25, 0.3) is 0 Å². The van der Waals surface area contributed by atoms with Gasteiger partial charge < -0.3 is 9.47 Å². The fourth-order valence-corrected chi connectivity index (χ4v) is 9.55. The van der Waals surface area contributed by atoms with Crippen LogP contribution in [0.5, 0.6) is 0 Å². The average Bonchev–Trinajstić information content (AvgIpc) is 3.81. The number of hydrogen-bond acceptors (Lipinski definition) is 2. The summed E-state index contributed by atoms with van der Waals surface area (Å²) in [5.41, 5.74) is 11.7. The molecule has 0 bridgehead atoms. The van der Waals surface area contributed by atoms with E-state index in [-0.39, 0.29) is 0 Å². The highest BCUT2D eigenvalue weighted by Gasteiger charge is 2.24. The van der Waals surface area contributed by atoms with Gasteiger partial charge in [0.15, 0.2) is 0 Å². The van der Waals surface area contributed by atoms with Gasteiger partial charge in [0.1, 0.15) is 0 Å². The first-order chi connectivity index (χ1) is 27.3. The minimum absolute atomic E-state index is 1.12. The van der Waals surface area contributed by atoms with Crippen molar-refractivity contribution in [2.75, 3.05) is 4.90 Å². The molecule has 0 saturated carbocycles. The van der Waals surface area contributed by atoms with E-state index in [0.29, 0.717) is 0 Å². The fraction of sp³-hybridized carbons (Fsp3) is 0. The molecular weight excluding hydrogens is 685 g/mol. The third-order valence-corrected chi connectivity index (χ3v) is 12.1. The number of anilines is 3. The normalized spacial score (nSPS) is 11.6. The van der Waals surface area contributed by atoms with Crippen molar-refractivity contribution in [1.82, 2.24) is 4.57 Å². The maximum Gasteiger partial charge on any atom is 0.0640 e. The summed E-state index contributed by atoms with van der Waals surface area (Å²) in [7, 11) is 0. The highest BCUT2D eigenvalue weighted by Crippen LogP contribution is 2.48. The quantitative estimate of drug-likeness (QED) is 0.166. The Morgan fingerprint density at radius 1 is 0.382 bits per heavy atom. The van der Waals surface area contributed by atoms with E-state index in [1.807, 2.05) is 11.3 Å². The molecule has 55 heavy (non-hydrogen) atoms. The van der Waals surface area contributed by atoms with Crippen LogP contribution in [0, 0.1) is 0 Å². The number of nitrogens with zero attached hydrogens (tertiary/aromatic N) is 2. The number of thiophene rings is 1. The van der Waals surface area contributed by atoms with Gasteiger partial charge >= 0.3 is 0 Å². The molecule has 0 unspecified atom stereocenters. The summed E-state index contributed by atoms with van der Waals surface area (Å²) >= 11 is 1.86. The van der Waals surface area contributed by atoms with Crippen molar-refractivity contribution >= 4 is 81.1 Å². The summed E-state index contributed by atoms with van der Waals surface area (Å²) in [4.78, 5) is 2.47. The third-order valence-electron chi connectivity index (χ3n) is 10.9. The molecule has 0 aliphatic heterocycles. The van der Waals surface area contributed by atoms with E-state index < -0.39 is 0 Å². The Labute approximate surface area is 323 Å². The van der Waals surface area contributed by atoms with Crippen molar-refractivity contribution in [3.05, 3.63) is 206 Å². The van der Waals surface area contributed by atoms with E-state index in [2.05, 4.69) is 216 Å². The smallest absolute Gasteiger partial charge is 0.0640 e. The molecule has 0 fully saturated rings. The highest BCUT2D eigenvalue weighted by atomic mass is 32.1. The Morgan fingerprint density at radius 3 is 1.75 bits per heavy atom. The maximum atomic E-state index is 2.48. The summed E-state index contributed by atoms with van der Waals surface area (Å²) in [5.74, 6) is 0. The van der Waals surface area contributed by atoms with E-state index >= 15 is 0 Å². The lowest BCUT2D eigenvalue weighted by Crippen LogP contribution is -2.10. The zero-order valence-electron chi connectivity index (χ0n) is 29.9. The van der Waals surface area contributed by atoms with Gasteiger partial charge in [-0.3, -0.25) is 0 Å². The number of aromatic nitrogens is 1. The zero-order valence-corrected chi connectivity index (χ0v) is 30.7. The lowest BCUT2D eigenvalue weighted by atomic mass is 9.99. The highest BCUT2D eigenvalue weighted by molar-refractivity contribution is 7.25. The molecule has 0 N–H and O–H groups in total. The molecule has 2 aromatic heterocycles. The molecule has 258 valence electrons. The second kappa shape index (κ2) is 12.9. The van der Waals surface area contributed by atoms with Gasteiger partial charge in [-0.2, -0.15) is 0 Å². The van der Waals surface area contributed by atoms with Crippen LogP contribution in [0.2, 0.25) is 0 Å². The van der Waals surface area contributed by atoms with Crippen molar-refractivity contribution < 1.29 is 0 Å². The van der Waals surface area contributed by atoms with Crippen LogP contribution in [-0.2, 0) is 0 Å². The molecule has 11 rings (SSSR count). The van der Waals surface area contributed by atoms with E-state index in [1.54, 1.807) is 0 Å². The molecule has 0 spiro atoms. The van der Waals surface area contributed by atoms with Crippen molar-refractivity contribution in [3.8, 4) is 27.9 Å². The molecule has 0 atom stereocenters. The second-order valence-corrected chi connectivity index (χ2v) is 15.2. The van der Waals surface area contributed by atoms with Gasteiger partial charge in [-0.15, -0.1) is 11.3 Å². The standard InChI is InChI=1S/C52H34N2S/c1-4-14-35(15-5-1)37-24-27-41(28-25-37)54-47-31-26-38(36-16-6-2-7-17-36)32-46(47)51-48(33-39-18-10-11-21-43(39)52(51)54)53(40-19-8-3-9-20-40)42-29-30-45-44-22-12-13-23-49(44)55-50(45)34-42/h1-34H. The predicted molar refractivity (Wildman–Crippen MR) is 237 cm³/mol. The third kappa shape index (κ3) is 5.24. The first-order valence-electron chi connectivity index (χ1n) is 18.8. The van der Waals surface area contributed by atoms with Gasteiger partial charge in [0.2, 0.25) is 0 Å². The van der Waals surface area contributed by atoms with Crippen molar-refractivity contribution in [1.29, 1.82) is 0 Å². The molecule has 0 aliphatic rings. The van der Waals surface area contributed by atoms with Gasteiger partial charge in [-0.25, -0.2) is 0 Å². The largest absolute Gasteiger partial charge is 0.310 e. The Hall–Kier alpha value is -6.94. The van der Waals surface area contributed by atoms with Crippen molar-refractivity contribution in [3.63, 3.8) is 0 Å². The van der Waals surface area contributed by atoms with Crippen molar-refractivity contribution in [2.24, 2.45) is 0 Å². The lowest BCUT2D eigenvalue weighted by molar-refractivity contribution is 1.19. The molecule has 2 heterocycles. The molecule has 9 aromatic carbocycles. The molecule has 0 radical (unpaired) electrons. The Bertz CT molecular complexity index is 3180. The minimum atomic E-state index is 1.12. The number of benzene rings is 9. The summed E-state index contributed by atoms with van der Waals surface area (Å²) in [6.45, 7) is 0. The first-order valence-corrected chi connectivity index (χ1v) is 19.6. The zero-order chi connectivity index (χ0) is 36.3. The topological polar surface area (TPSA) is 8.17 Å². The summed E-state index contributed by atoms with van der Waals surface area (Å²) in [6, 6.07) is 75.2. The Morgan fingerprint density at radius 2 is 0.982 bits per heavy atom. The predicted octanol–water partition coefficient (Wildman–Crippen LogP) is 15.1. The molecule has 11 aromatic rings. The fourth-order valence-electron chi connectivity index (χ4n) is 8.41. The van der Waals surface area contributed by atoms with E-state index in [9.17, 15) is 0 Å². The van der Waals surface area contributed by atoms with Crippen molar-refractivity contribution in [2.45, 2.75) is 0 Å². The minimum Gasteiger partial charge on any atom is -0.310 e. The molecular formula is C52H34N2S. The summed E-state index contributed by atoms with van der Waals surface area (Å²) < 4.78 is 5.08. The van der Waals surface area contributed by atoms with Gasteiger partial charge in [0.05, 0.1) is 16.7 Å². The number of hydrogen-bond donors (Lipinski definition) is 0. The molecule has 2 nitrogen and oxygen atoms in total. The summed E-state index contributed by atoms with van der Waals surface area (Å²) in [5, 5.41) is 7.46. The van der Waals surface area contributed by atoms with Crippen LogP contribution in [0.15, 0.2) is 206 Å². The molecule has 0 aliphatic carbocycles. The van der Waals surface area contributed by atoms with Crippen LogP contribution in [0.1, 0.15) is 0 Å². The van der Waals surface area contributed by atoms with E-state index in [4.69, 9.17) is 0 Å². The van der Waals surface area contributed by atoms with Crippen LogP contribution >= 0.6 is 11.3 Å². The molecule has 0 saturated heterocycles. The number of fused-ring (bicyclic) bond motifs is 8. The number of para-hydroxylation sites is 1. The van der Waals surface area contributed by atoms with Crippen LogP contribution in [0.25, 0.3) is 80.7 Å². The van der Waals surface area contributed by atoms with Gasteiger partial charge in [-0.05, 0) is 88.3 Å². The molecule has 0 amide bonds. The van der Waals surface area contributed by atoms with E-state index in [1.165, 1.54) is 75.0 Å².